The van der Waals surface area contributed by atoms with E-state index in [0.29, 0.717) is 31.8 Å². The van der Waals surface area contributed by atoms with Gasteiger partial charge in [-0.15, -0.1) is 0 Å². The lowest BCUT2D eigenvalue weighted by atomic mass is 9.86. The fourth-order valence-electron chi connectivity index (χ4n) is 4.25. The lowest BCUT2D eigenvalue weighted by Crippen LogP contribution is -2.39. The summed E-state index contributed by atoms with van der Waals surface area (Å²) in [4.78, 5) is 28.9. The van der Waals surface area contributed by atoms with Crippen LogP contribution in [-0.4, -0.2) is 54.4 Å². The SMILES string of the molecule is Cc1ccc(OCC(=O)N2CCCN(C(=O)CCC3CCCCC3)CC2)cc1. The van der Waals surface area contributed by atoms with Crippen molar-refractivity contribution in [1.29, 1.82) is 0 Å². The first kappa shape index (κ1) is 20.7. The summed E-state index contributed by atoms with van der Waals surface area (Å²) in [5.74, 6) is 1.71. The Balaban J connectivity index is 1.40. The van der Waals surface area contributed by atoms with E-state index in [2.05, 4.69) is 0 Å². The van der Waals surface area contributed by atoms with Crippen LogP contribution in [0.2, 0.25) is 0 Å². The number of nitrogens with zero attached hydrogens (tertiary/aromatic N) is 2. The standard InChI is InChI=1S/C23H34N2O3/c1-19-8-11-21(12-9-19)28-18-23(27)25-15-5-14-24(16-17-25)22(26)13-10-20-6-3-2-4-7-20/h8-9,11-12,20H,2-7,10,13-18H2,1H3. The van der Waals surface area contributed by atoms with Crippen LogP contribution in [0.1, 0.15) is 56.9 Å². The van der Waals surface area contributed by atoms with E-state index >= 15 is 0 Å². The molecule has 0 bridgehead atoms. The highest BCUT2D eigenvalue weighted by molar-refractivity contribution is 5.78. The zero-order chi connectivity index (χ0) is 19.8. The van der Waals surface area contributed by atoms with Crippen molar-refractivity contribution in [3.8, 4) is 5.75 Å². The van der Waals surface area contributed by atoms with Gasteiger partial charge in [0.2, 0.25) is 5.91 Å². The van der Waals surface area contributed by atoms with Gasteiger partial charge in [0.15, 0.2) is 6.61 Å². The van der Waals surface area contributed by atoms with Crippen molar-refractivity contribution < 1.29 is 14.3 Å². The van der Waals surface area contributed by atoms with E-state index in [4.69, 9.17) is 4.74 Å². The molecule has 3 rings (SSSR count). The second-order valence-corrected chi connectivity index (χ2v) is 8.26. The Kier molecular flexibility index (Phi) is 7.75. The molecule has 154 valence electrons. The molecular weight excluding hydrogens is 352 g/mol. The van der Waals surface area contributed by atoms with Crippen LogP contribution < -0.4 is 4.74 Å². The molecule has 0 atom stereocenters. The van der Waals surface area contributed by atoms with Crippen molar-refractivity contribution in [2.45, 2.75) is 58.3 Å². The summed E-state index contributed by atoms with van der Waals surface area (Å²) in [5.41, 5.74) is 1.17. The molecule has 28 heavy (non-hydrogen) atoms. The predicted octanol–water partition coefficient (Wildman–Crippen LogP) is 3.80. The molecule has 1 heterocycles. The summed E-state index contributed by atoms with van der Waals surface area (Å²) in [6.07, 6.45) is 9.11. The van der Waals surface area contributed by atoms with Gasteiger partial charge in [-0.2, -0.15) is 0 Å². The highest BCUT2D eigenvalue weighted by Crippen LogP contribution is 2.27. The van der Waals surface area contributed by atoms with Crippen LogP contribution >= 0.6 is 0 Å². The van der Waals surface area contributed by atoms with Gasteiger partial charge in [-0.3, -0.25) is 9.59 Å². The summed E-state index contributed by atoms with van der Waals surface area (Å²) in [6.45, 7) is 4.77. The molecule has 2 amide bonds. The van der Waals surface area contributed by atoms with Gasteiger partial charge in [0.05, 0.1) is 0 Å². The molecule has 0 aromatic heterocycles. The van der Waals surface area contributed by atoms with Gasteiger partial charge in [0.1, 0.15) is 5.75 Å². The maximum absolute atomic E-state index is 12.6. The fourth-order valence-corrected chi connectivity index (χ4v) is 4.25. The van der Waals surface area contributed by atoms with Crippen molar-refractivity contribution in [2.75, 3.05) is 32.8 Å². The molecule has 0 radical (unpaired) electrons. The number of amides is 2. The molecule has 1 aromatic carbocycles. The quantitative estimate of drug-likeness (QED) is 0.747. The number of carbonyl (C=O) groups excluding carboxylic acids is 2. The summed E-state index contributed by atoms with van der Waals surface area (Å²) in [6, 6.07) is 7.72. The molecule has 1 saturated heterocycles. The molecule has 5 heteroatoms. The lowest BCUT2D eigenvalue weighted by Gasteiger charge is -2.24. The van der Waals surface area contributed by atoms with Gasteiger partial charge in [0.25, 0.3) is 5.91 Å². The van der Waals surface area contributed by atoms with Crippen LogP contribution in [0.25, 0.3) is 0 Å². The Morgan fingerprint density at radius 1 is 0.893 bits per heavy atom. The van der Waals surface area contributed by atoms with Gasteiger partial charge >= 0.3 is 0 Å². The van der Waals surface area contributed by atoms with Gasteiger partial charge in [0, 0.05) is 32.6 Å². The van der Waals surface area contributed by atoms with Gasteiger partial charge in [-0.05, 0) is 37.8 Å². The van der Waals surface area contributed by atoms with E-state index in [1.54, 1.807) is 0 Å². The van der Waals surface area contributed by atoms with Gasteiger partial charge in [-0.25, -0.2) is 0 Å². The molecule has 2 fully saturated rings. The molecule has 5 nitrogen and oxygen atoms in total. The van der Waals surface area contributed by atoms with Crippen LogP contribution in [0, 0.1) is 12.8 Å². The summed E-state index contributed by atoms with van der Waals surface area (Å²) >= 11 is 0. The Labute approximate surface area is 169 Å². The average Bonchev–Trinajstić information content (AvgIpc) is 2.98. The molecule has 1 aliphatic heterocycles. The molecule has 1 saturated carbocycles. The second kappa shape index (κ2) is 10.5. The molecule has 0 N–H and O–H groups in total. The smallest absolute Gasteiger partial charge is 0.260 e. The summed E-state index contributed by atoms with van der Waals surface area (Å²) in [5, 5.41) is 0. The van der Waals surface area contributed by atoms with E-state index < -0.39 is 0 Å². The molecule has 1 aromatic rings. The van der Waals surface area contributed by atoms with Crippen LogP contribution in [0.3, 0.4) is 0 Å². The van der Waals surface area contributed by atoms with Crippen LogP contribution in [-0.2, 0) is 9.59 Å². The largest absolute Gasteiger partial charge is 0.484 e. The predicted molar refractivity (Wildman–Crippen MR) is 110 cm³/mol. The van der Waals surface area contributed by atoms with E-state index in [0.717, 1.165) is 25.3 Å². The van der Waals surface area contributed by atoms with Crippen molar-refractivity contribution >= 4 is 11.8 Å². The fraction of sp³-hybridized carbons (Fsp3) is 0.652. The first-order valence-corrected chi connectivity index (χ1v) is 10.9. The van der Waals surface area contributed by atoms with Crippen LogP contribution in [0.5, 0.6) is 5.75 Å². The monoisotopic (exact) mass is 386 g/mol. The van der Waals surface area contributed by atoms with Crippen molar-refractivity contribution in [3.63, 3.8) is 0 Å². The molecule has 2 aliphatic rings. The van der Waals surface area contributed by atoms with Crippen molar-refractivity contribution in [1.82, 2.24) is 9.80 Å². The van der Waals surface area contributed by atoms with Gasteiger partial charge < -0.3 is 14.5 Å². The van der Waals surface area contributed by atoms with E-state index in [-0.39, 0.29) is 18.4 Å². The van der Waals surface area contributed by atoms with Crippen LogP contribution in [0.15, 0.2) is 24.3 Å². The number of hydrogen-bond donors (Lipinski definition) is 0. The first-order valence-electron chi connectivity index (χ1n) is 10.9. The van der Waals surface area contributed by atoms with E-state index in [9.17, 15) is 9.59 Å². The highest BCUT2D eigenvalue weighted by atomic mass is 16.5. The zero-order valence-corrected chi connectivity index (χ0v) is 17.2. The van der Waals surface area contributed by atoms with Gasteiger partial charge in [-0.1, -0.05) is 49.8 Å². The van der Waals surface area contributed by atoms with E-state index in [1.807, 2.05) is 41.0 Å². The Morgan fingerprint density at radius 2 is 1.54 bits per heavy atom. The maximum atomic E-state index is 12.6. The minimum atomic E-state index is -0.00270. The number of carbonyl (C=O) groups is 2. The number of ether oxygens (including phenoxy) is 1. The molecule has 0 spiro atoms. The third kappa shape index (κ3) is 6.25. The third-order valence-corrected chi connectivity index (χ3v) is 6.08. The highest BCUT2D eigenvalue weighted by Gasteiger charge is 2.23. The Morgan fingerprint density at radius 3 is 2.21 bits per heavy atom. The Hall–Kier alpha value is -2.04. The molecule has 1 aliphatic carbocycles. The minimum absolute atomic E-state index is 0.00270. The number of rotatable bonds is 6. The number of aryl methyl sites for hydroxylation is 1. The third-order valence-electron chi connectivity index (χ3n) is 6.08. The molecule has 0 unspecified atom stereocenters. The zero-order valence-electron chi connectivity index (χ0n) is 17.2. The second-order valence-electron chi connectivity index (χ2n) is 8.26. The van der Waals surface area contributed by atoms with Crippen molar-refractivity contribution in [3.05, 3.63) is 29.8 Å². The Bertz CT molecular complexity index is 638. The minimum Gasteiger partial charge on any atom is -0.484 e. The summed E-state index contributed by atoms with van der Waals surface area (Å²) in [7, 11) is 0. The summed E-state index contributed by atoms with van der Waals surface area (Å²) < 4.78 is 5.63. The number of hydrogen-bond acceptors (Lipinski definition) is 3. The normalized spacial score (nSPS) is 18.6. The van der Waals surface area contributed by atoms with Crippen molar-refractivity contribution in [2.24, 2.45) is 5.92 Å². The maximum Gasteiger partial charge on any atom is 0.260 e. The first-order chi connectivity index (χ1) is 13.6. The van der Waals surface area contributed by atoms with Crippen LogP contribution in [0.4, 0.5) is 0 Å². The lowest BCUT2D eigenvalue weighted by molar-refractivity contribution is -0.135. The molecular formula is C23H34N2O3. The average molecular weight is 387 g/mol. The topological polar surface area (TPSA) is 49.9 Å². The van der Waals surface area contributed by atoms with E-state index in [1.165, 1.54) is 37.7 Å². The number of benzene rings is 1.